The van der Waals surface area contributed by atoms with Crippen molar-refractivity contribution in [3.63, 3.8) is 0 Å². The lowest BCUT2D eigenvalue weighted by molar-refractivity contribution is 0.199. The van der Waals surface area contributed by atoms with Crippen LogP contribution in [0.4, 0.5) is 0 Å². The van der Waals surface area contributed by atoms with E-state index in [0.29, 0.717) is 13.2 Å². The fraction of sp³-hybridized carbons (Fsp3) is 0.364. The number of hydrogen-bond donors (Lipinski definition) is 1. The number of nitriles is 1. The lowest BCUT2D eigenvalue weighted by atomic mass is 10.1. The van der Waals surface area contributed by atoms with Gasteiger partial charge in [0.2, 0.25) is 0 Å². The molecule has 0 unspecified atom stereocenters. The summed E-state index contributed by atoms with van der Waals surface area (Å²) in [7, 11) is 1.67. The Balaban J connectivity index is 2.46. The highest BCUT2D eigenvalue weighted by molar-refractivity contribution is 5.37. The minimum atomic E-state index is 0.689. The van der Waals surface area contributed by atoms with Crippen LogP contribution in [-0.4, -0.2) is 20.3 Å². The largest absolute Gasteiger partial charge is 0.383 e. The second-order valence-corrected chi connectivity index (χ2v) is 2.94. The smallest absolute Gasteiger partial charge is 0.0995 e. The summed E-state index contributed by atoms with van der Waals surface area (Å²) in [5.41, 5.74) is 1.77. The Bertz CT molecular complexity index is 317. The first-order valence-corrected chi connectivity index (χ1v) is 4.56. The fourth-order valence-corrected chi connectivity index (χ4v) is 1.18. The predicted molar refractivity (Wildman–Crippen MR) is 54.7 cm³/mol. The van der Waals surface area contributed by atoms with Gasteiger partial charge in [-0.3, -0.25) is 0 Å². The van der Waals surface area contributed by atoms with Crippen LogP contribution in [-0.2, 0) is 11.3 Å². The molecule has 0 heterocycles. The molecule has 0 saturated carbocycles. The van der Waals surface area contributed by atoms with Crippen LogP contribution in [0.2, 0.25) is 0 Å². The highest BCUT2D eigenvalue weighted by Gasteiger charge is 1.98. The summed E-state index contributed by atoms with van der Waals surface area (Å²) < 4.78 is 4.91. The molecule has 1 aromatic carbocycles. The predicted octanol–water partition coefficient (Wildman–Crippen LogP) is 1.29. The third-order valence-corrected chi connectivity index (χ3v) is 1.94. The van der Waals surface area contributed by atoms with Gasteiger partial charge >= 0.3 is 0 Å². The van der Waals surface area contributed by atoms with E-state index in [4.69, 9.17) is 10.00 Å². The molecule has 0 amide bonds. The molecule has 0 fully saturated rings. The van der Waals surface area contributed by atoms with Crippen molar-refractivity contribution >= 4 is 0 Å². The van der Waals surface area contributed by atoms with Gasteiger partial charge in [0, 0.05) is 20.2 Å². The number of nitrogens with one attached hydrogen (secondary N) is 1. The van der Waals surface area contributed by atoms with Gasteiger partial charge in [0.1, 0.15) is 0 Å². The van der Waals surface area contributed by atoms with E-state index in [0.717, 1.165) is 17.7 Å². The summed E-state index contributed by atoms with van der Waals surface area (Å²) >= 11 is 0. The fourth-order valence-electron chi connectivity index (χ4n) is 1.18. The summed E-state index contributed by atoms with van der Waals surface area (Å²) in [6.07, 6.45) is 0. The lowest BCUT2D eigenvalue weighted by Crippen LogP contribution is -2.19. The SMILES string of the molecule is COCCNCc1ccccc1C#N. The van der Waals surface area contributed by atoms with Crippen molar-refractivity contribution in [2.45, 2.75) is 6.54 Å². The number of rotatable bonds is 5. The van der Waals surface area contributed by atoms with Crippen molar-refractivity contribution < 1.29 is 4.74 Å². The molecule has 3 nitrogen and oxygen atoms in total. The Labute approximate surface area is 84.3 Å². The first kappa shape index (κ1) is 10.7. The number of nitrogens with zero attached hydrogens (tertiary/aromatic N) is 1. The van der Waals surface area contributed by atoms with E-state index in [9.17, 15) is 0 Å². The standard InChI is InChI=1S/C11H14N2O/c1-14-7-6-13-9-11-5-3-2-4-10(11)8-12/h2-5,13H,6-7,9H2,1H3. The average molecular weight is 190 g/mol. The van der Waals surface area contributed by atoms with Crippen LogP contribution >= 0.6 is 0 Å². The van der Waals surface area contributed by atoms with Gasteiger partial charge in [0.15, 0.2) is 0 Å². The number of methoxy groups -OCH3 is 1. The van der Waals surface area contributed by atoms with E-state index in [1.165, 1.54) is 0 Å². The Hall–Kier alpha value is -1.37. The molecule has 0 atom stereocenters. The molecule has 0 spiro atoms. The molecule has 74 valence electrons. The van der Waals surface area contributed by atoms with E-state index >= 15 is 0 Å². The molecule has 1 rings (SSSR count). The van der Waals surface area contributed by atoms with Crippen LogP contribution in [0.1, 0.15) is 11.1 Å². The molecular weight excluding hydrogens is 176 g/mol. The molecule has 0 saturated heterocycles. The molecule has 0 bridgehead atoms. The normalized spacial score (nSPS) is 9.71. The van der Waals surface area contributed by atoms with Gasteiger partial charge in [-0.25, -0.2) is 0 Å². The zero-order valence-electron chi connectivity index (χ0n) is 8.29. The van der Waals surface area contributed by atoms with Gasteiger partial charge in [-0.15, -0.1) is 0 Å². The summed E-state index contributed by atoms with van der Waals surface area (Å²) in [6, 6.07) is 9.76. The quantitative estimate of drug-likeness (QED) is 0.712. The highest BCUT2D eigenvalue weighted by Crippen LogP contribution is 2.06. The van der Waals surface area contributed by atoms with E-state index in [1.807, 2.05) is 24.3 Å². The lowest BCUT2D eigenvalue weighted by Gasteiger charge is -2.05. The first-order chi connectivity index (χ1) is 6.88. The van der Waals surface area contributed by atoms with Crippen LogP contribution < -0.4 is 5.32 Å². The van der Waals surface area contributed by atoms with E-state index in [-0.39, 0.29) is 0 Å². The maximum absolute atomic E-state index is 8.82. The van der Waals surface area contributed by atoms with Gasteiger partial charge in [-0.1, -0.05) is 18.2 Å². The van der Waals surface area contributed by atoms with Crippen LogP contribution in [0.5, 0.6) is 0 Å². The molecule has 1 N–H and O–H groups in total. The van der Waals surface area contributed by atoms with Gasteiger partial charge in [-0.05, 0) is 11.6 Å². The van der Waals surface area contributed by atoms with Gasteiger partial charge in [0.05, 0.1) is 18.2 Å². The summed E-state index contributed by atoms with van der Waals surface area (Å²) in [6.45, 7) is 2.21. The monoisotopic (exact) mass is 190 g/mol. The molecule has 0 aliphatic rings. The van der Waals surface area contributed by atoms with Crippen LogP contribution in [0, 0.1) is 11.3 Å². The Morgan fingerprint density at radius 3 is 2.93 bits per heavy atom. The molecule has 14 heavy (non-hydrogen) atoms. The second-order valence-electron chi connectivity index (χ2n) is 2.94. The van der Waals surface area contributed by atoms with Crippen molar-refractivity contribution in [2.24, 2.45) is 0 Å². The molecule has 3 heteroatoms. The second kappa shape index (κ2) is 6.14. The number of benzene rings is 1. The Kier molecular flexibility index (Phi) is 4.70. The topological polar surface area (TPSA) is 45.0 Å². The Morgan fingerprint density at radius 1 is 1.43 bits per heavy atom. The van der Waals surface area contributed by atoms with Crippen LogP contribution in [0.15, 0.2) is 24.3 Å². The van der Waals surface area contributed by atoms with Gasteiger partial charge < -0.3 is 10.1 Å². The third-order valence-electron chi connectivity index (χ3n) is 1.94. The maximum Gasteiger partial charge on any atom is 0.0995 e. The average Bonchev–Trinajstić information content (AvgIpc) is 2.25. The molecule has 1 aromatic rings. The highest BCUT2D eigenvalue weighted by atomic mass is 16.5. The van der Waals surface area contributed by atoms with Crippen molar-refractivity contribution in [1.82, 2.24) is 5.32 Å². The molecular formula is C11H14N2O. The molecule has 0 aliphatic heterocycles. The summed E-state index contributed by atoms with van der Waals surface area (Å²) in [5.74, 6) is 0. The van der Waals surface area contributed by atoms with Crippen molar-refractivity contribution in [3.05, 3.63) is 35.4 Å². The van der Waals surface area contributed by atoms with Gasteiger partial charge in [0.25, 0.3) is 0 Å². The van der Waals surface area contributed by atoms with Crippen molar-refractivity contribution in [2.75, 3.05) is 20.3 Å². The zero-order chi connectivity index (χ0) is 10.2. The summed E-state index contributed by atoms with van der Waals surface area (Å²) in [4.78, 5) is 0. The van der Waals surface area contributed by atoms with E-state index in [1.54, 1.807) is 7.11 Å². The van der Waals surface area contributed by atoms with Crippen molar-refractivity contribution in [1.29, 1.82) is 5.26 Å². The van der Waals surface area contributed by atoms with E-state index < -0.39 is 0 Å². The minimum Gasteiger partial charge on any atom is -0.383 e. The first-order valence-electron chi connectivity index (χ1n) is 4.56. The maximum atomic E-state index is 8.82. The van der Waals surface area contributed by atoms with Crippen LogP contribution in [0.3, 0.4) is 0 Å². The van der Waals surface area contributed by atoms with Crippen molar-refractivity contribution in [3.8, 4) is 6.07 Å². The van der Waals surface area contributed by atoms with Crippen LogP contribution in [0.25, 0.3) is 0 Å². The van der Waals surface area contributed by atoms with E-state index in [2.05, 4.69) is 11.4 Å². The number of ether oxygens (including phenoxy) is 1. The Morgan fingerprint density at radius 2 is 2.21 bits per heavy atom. The van der Waals surface area contributed by atoms with Gasteiger partial charge in [-0.2, -0.15) is 5.26 Å². The minimum absolute atomic E-state index is 0.689. The molecule has 0 aliphatic carbocycles. The zero-order valence-corrected chi connectivity index (χ0v) is 8.29. The third kappa shape index (κ3) is 3.17. The molecule has 0 radical (unpaired) electrons. The summed E-state index contributed by atoms with van der Waals surface area (Å²) in [5, 5.41) is 12.0. The number of hydrogen-bond acceptors (Lipinski definition) is 3. The molecule has 0 aromatic heterocycles.